The Morgan fingerprint density at radius 2 is 2.21 bits per heavy atom. The predicted molar refractivity (Wildman–Crippen MR) is 70.8 cm³/mol. The van der Waals surface area contributed by atoms with Gasteiger partial charge in [0.05, 0.1) is 12.1 Å². The molecule has 5 heteroatoms. The van der Waals surface area contributed by atoms with Gasteiger partial charge in [0.15, 0.2) is 5.65 Å². The third-order valence-electron chi connectivity index (χ3n) is 3.81. The van der Waals surface area contributed by atoms with E-state index >= 15 is 0 Å². The zero-order valence-electron chi connectivity index (χ0n) is 11.2. The van der Waals surface area contributed by atoms with Crippen LogP contribution in [0.4, 0.5) is 0 Å². The number of ether oxygens (including phenoxy) is 1. The molecule has 0 aliphatic heterocycles. The fraction of sp³-hybridized carbons (Fsp3) is 0.500. The zero-order valence-corrected chi connectivity index (χ0v) is 11.2. The average Bonchev–Trinajstić information content (AvgIpc) is 2.70. The molecule has 1 aliphatic carbocycles. The van der Waals surface area contributed by atoms with Crippen LogP contribution in [-0.4, -0.2) is 27.5 Å². The van der Waals surface area contributed by atoms with Crippen molar-refractivity contribution in [3.8, 4) is 0 Å². The lowest BCUT2D eigenvalue weighted by Gasteiger charge is -2.37. The van der Waals surface area contributed by atoms with Crippen LogP contribution in [0.1, 0.15) is 37.7 Å². The molecule has 1 aliphatic rings. The Morgan fingerprint density at radius 3 is 2.84 bits per heavy atom. The summed E-state index contributed by atoms with van der Waals surface area (Å²) in [5.74, 6) is 0.530. The van der Waals surface area contributed by atoms with Crippen LogP contribution < -0.4 is 0 Å². The molecule has 100 valence electrons. The van der Waals surface area contributed by atoms with Gasteiger partial charge in [0.2, 0.25) is 0 Å². The number of carbonyl (C=O) groups excluding carboxylic acids is 1. The van der Waals surface area contributed by atoms with Crippen molar-refractivity contribution in [2.45, 2.75) is 38.5 Å². The van der Waals surface area contributed by atoms with Crippen molar-refractivity contribution in [1.29, 1.82) is 0 Å². The van der Waals surface area contributed by atoms with Gasteiger partial charge < -0.3 is 9.72 Å². The summed E-state index contributed by atoms with van der Waals surface area (Å²) in [6.45, 7) is 4.16. The number of aryl methyl sites for hydroxylation is 1. The molecule has 0 bridgehead atoms. The van der Waals surface area contributed by atoms with Crippen LogP contribution in [0.3, 0.4) is 0 Å². The van der Waals surface area contributed by atoms with E-state index in [1.165, 1.54) is 0 Å². The molecular weight excluding hydrogens is 242 g/mol. The third-order valence-corrected chi connectivity index (χ3v) is 3.81. The second kappa shape index (κ2) is 4.33. The molecule has 2 aromatic heterocycles. The van der Waals surface area contributed by atoms with E-state index in [4.69, 9.17) is 4.74 Å². The molecule has 0 atom stereocenters. The second-order valence-electron chi connectivity index (χ2n) is 5.07. The van der Waals surface area contributed by atoms with Crippen molar-refractivity contribution in [2.75, 3.05) is 6.61 Å². The topological polar surface area (TPSA) is 67.9 Å². The van der Waals surface area contributed by atoms with E-state index in [1.807, 2.05) is 26.0 Å². The number of hydrogen-bond donors (Lipinski definition) is 1. The van der Waals surface area contributed by atoms with E-state index in [0.29, 0.717) is 18.1 Å². The van der Waals surface area contributed by atoms with Gasteiger partial charge in [-0.1, -0.05) is 6.42 Å². The lowest BCUT2D eigenvalue weighted by molar-refractivity contribution is -0.154. The maximum Gasteiger partial charge on any atom is 0.319 e. The first-order chi connectivity index (χ1) is 9.15. The monoisotopic (exact) mass is 259 g/mol. The molecule has 3 rings (SSSR count). The number of hydrogen-bond acceptors (Lipinski definition) is 4. The number of esters is 1. The van der Waals surface area contributed by atoms with Crippen molar-refractivity contribution in [3.05, 3.63) is 23.7 Å². The zero-order chi connectivity index (χ0) is 13.5. The van der Waals surface area contributed by atoms with Gasteiger partial charge in [0.25, 0.3) is 0 Å². The van der Waals surface area contributed by atoms with Crippen molar-refractivity contribution in [3.63, 3.8) is 0 Å². The largest absolute Gasteiger partial charge is 0.465 e. The molecule has 19 heavy (non-hydrogen) atoms. The van der Waals surface area contributed by atoms with E-state index in [2.05, 4.69) is 15.0 Å². The summed E-state index contributed by atoms with van der Waals surface area (Å²) in [6, 6.07) is 3.88. The first-order valence-electron chi connectivity index (χ1n) is 6.67. The Labute approximate surface area is 111 Å². The minimum Gasteiger partial charge on any atom is -0.465 e. The van der Waals surface area contributed by atoms with Crippen LogP contribution in [0.25, 0.3) is 11.2 Å². The summed E-state index contributed by atoms with van der Waals surface area (Å²) in [7, 11) is 0. The molecule has 0 radical (unpaired) electrons. The highest BCUT2D eigenvalue weighted by atomic mass is 16.5. The van der Waals surface area contributed by atoms with Crippen molar-refractivity contribution >= 4 is 17.1 Å². The molecule has 1 N–H and O–H groups in total. The summed E-state index contributed by atoms with van der Waals surface area (Å²) in [6.07, 6.45) is 2.62. The van der Waals surface area contributed by atoms with Crippen molar-refractivity contribution in [1.82, 2.24) is 15.0 Å². The normalized spacial score (nSPS) is 17.2. The number of nitrogens with zero attached hydrogens (tertiary/aromatic N) is 2. The van der Waals surface area contributed by atoms with Gasteiger partial charge in [-0.2, -0.15) is 0 Å². The highest BCUT2D eigenvalue weighted by Gasteiger charge is 2.49. The number of rotatable bonds is 3. The molecule has 1 saturated carbocycles. The number of nitrogens with one attached hydrogen (secondary N) is 1. The summed E-state index contributed by atoms with van der Waals surface area (Å²) < 4.78 is 5.20. The van der Waals surface area contributed by atoms with Gasteiger partial charge >= 0.3 is 5.97 Å². The van der Waals surface area contributed by atoms with Crippen LogP contribution in [0.2, 0.25) is 0 Å². The Bertz CT molecular complexity index is 629. The standard InChI is InChI=1S/C14H17N3O2/c1-3-19-13(18)14(7-4-8-14)12-16-10-6-5-9(2)15-11(10)17-12/h5-6H,3-4,7-8H2,1-2H3,(H,15,16,17). The van der Waals surface area contributed by atoms with Gasteiger partial charge in [0.1, 0.15) is 11.2 Å². The van der Waals surface area contributed by atoms with E-state index in [-0.39, 0.29) is 5.97 Å². The highest BCUT2D eigenvalue weighted by Crippen LogP contribution is 2.43. The van der Waals surface area contributed by atoms with Crippen LogP contribution in [0.5, 0.6) is 0 Å². The maximum atomic E-state index is 12.2. The molecule has 0 spiro atoms. The Hall–Kier alpha value is -1.91. The van der Waals surface area contributed by atoms with Crippen LogP contribution in [-0.2, 0) is 14.9 Å². The van der Waals surface area contributed by atoms with Crippen LogP contribution >= 0.6 is 0 Å². The molecule has 2 aromatic rings. The Kier molecular flexibility index (Phi) is 2.77. The minimum atomic E-state index is -0.579. The van der Waals surface area contributed by atoms with Gasteiger partial charge in [-0.05, 0) is 38.8 Å². The second-order valence-corrected chi connectivity index (χ2v) is 5.07. The average molecular weight is 259 g/mol. The number of carbonyl (C=O) groups is 1. The van der Waals surface area contributed by atoms with Crippen LogP contribution in [0, 0.1) is 6.92 Å². The quantitative estimate of drug-likeness (QED) is 0.858. The molecule has 5 nitrogen and oxygen atoms in total. The van der Waals surface area contributed by atoms with Crippen molar-refractivity contribution in [2.24, 2.45) is 0 Å². The fourth-order valence-electron chi connectivity index (χ4n) is 2.55. The van der Waals surface area contributed by atoms with E-state index in [0.717, 1.165) is 30.5 Å². The summed E-state index contributed by atoms with van der Waals surface area (Å²) >= 11 is 0. The number of H-pyrrole nitrogens is 1. The number of aromatic nitrogens is 3. The maximum absolute atomic E-state index is 12.2. The first-order valence-corrected chi connectivity index (χ1v) is 6.67. The predicted octanol–water partition coefficient (Wildman–Crippen LogP) is 2.25. The SMILES string of the molecule is CCOC(=O)C1(c2nc3nc(C)ccc3[nH]2)CCC1. The van der Waals surface area contributed by atoms with E-state index in [1.54, 1.807) is 0 Å². The smallest absolute Gasteiger partial charge is 0.319 e. The Morgan fingerprint density at radius 1 is 1.42 bits per heavy atom. The number of fused-ring (bicyclic) bond motifs is 1. The fourth-order valence-corrected chi connectivity index (χ4v) is 2.55. The van der Waals surface area contributed by atoms with Crippen molar-refractivity contribution < 1.29 is 9.53 Å². The molecule has 0 amide bonds. The molecule has 0 unspecified atom stereocenters. The Balaban J connectivity index is 2.04. The molecule has 1 fully saturated rings. The molecule has 0 saturated heterocycles. The van der Waals surface area contributed by atoms with Gasteiger partial charge in [-0.3, -0.25) is 4.79 Å². The third kappa shape index (κ3) is 1.80. The number of imidazole rings is 1. The van der Waals surface area contributed by atoms with Crippen LogP contribution in [0.15, 0.2) is 12.1 Å². The summed E-state index contributed by atoms with van der Waals surface area (Å²) in [4.78, 5) is 24.3. The van der Waals surface area contributed by atoms with Gasteiger partial charge in [-0.25, -0.2) is 9.97 Å². The first kappa shape index (κ1) is 12.1. The lowest BCUT2D eigenvalue weighted by atomic mass is 9.68. The summed E-state index contributed by atoms with van der Waals surface area (Å²) in [5.41, 5.74) is 1.89. The lowest BCUT2D eigenvalue weighted by Crippen LogP contribution is -2.44. The number of aromatic amines is 1. The highest BCUT2D eigenvalue weighted by molar-refractivity contribution is 5.84. The molecular formula is C14H17N3O2. The van der Waals surface area contributed by atoms with E-state index < -0.39 is 5.41 Å². The number of pyridine rings is 1. The van der Waals surface area contributed by atoms with Gasteiger partial charge in [-0.15, -0.1) is 0 Å². The molecule has 2 heterocycles. The van der Waals surface area contributed by atoms with Gasteiger partial charge in [0, 0.05) is 5.69 Å². The molecule has 0 aromatic carbocycles. The van der Waals surface area contributed by atoms with E-state index in [9.17, 15) is 4.79 Å². The minimum absolute atomic E-state index is 0.169. The summed E-state index contributed by atoms with van der Waals surface area (Å²) in [5, 5.41) is 0.